The number of hydrogen-bond acceptors (Lipinski definition) is 3. The van der Waals surface area contributed by atoms with Crippen molar-refractivity contribution in [3.8, 4) is 5.88 Å². The minimum Gasteiger partial charge on any atom is -0.439 e. The highest BCUT2D eigenvalue weighted by molar-refractivity contribution is 5.84. The fourth-order valence-corrected chi connectivity index (χ4v) is 3.10. The van der Waals surface area contributed by atoms with Crippen LogP contribution in [-0.2, 0) is 0 Å². The van der Waals surface area contributed by atoms with Gasteiger partial charge in [-0.1, -0.05) is 0 Å². The van der Waals surface area contributed by atoms with E-state index < -0.39 is 6.10 Å². The van der Waals surface area contributed by atoms with Crippen LogP contribution in [0.25, 0.3) is 27.6 Å². The average molecular weight is 337 g/mol. The summed E-state index contributed by atoms with van der Waals surface area (Å²) in [5.41, 5.74) is 1.63. The van der Waals surface area contributed by atoms with Crippen LogP contribution in [0.4, 0.5) is 4.39 Å². The Balaban J connectivity index is 2.00. The van der Waals surface area contributed by atoms with E-state index in [1.54, 1.807) is 42.1 Å². The summed E-state index contributed by atoms with van der Waals surface area (Å²) in [6, 6.07) is 9.44. The summed E-state index contributed by atoms with van der Waals surface area (Å²) in [7, 11) is 0. The zero-order valence-electron chi connectivity index (χ0n) is 13.8. The van der Waals surface area contributed by atoms with Crippen LogP contribution in [0.2, 0.25) is 0 Å². The third-order valence-electron chi connectivity index (χ3n) is 4.30. The summed E-state index contributed by atoms with van der Waals surface area (Å²) in [5, 5.41) is 12.0. The number of benzene rings is 2. The lowest BCUT2D eigenvalue weighted by Gasteiger charge is -2.11. The van der Waals surface area contributed by atoms with Crippen molar-refractivity contribution in [1.82, 2.24) is 4.57 Å². The lowest BCUT2D eigenvalue weighted by atomic mass is 10.0. The van der Waals surface area contributed by atoms with Gasteiger partial charge in [0.1, 0.15) is 11.4 Å². The number of aliphatic hydroxyl groups is 1. The van der Waals surface area contributed by atoms with Crippen LogP contribution in [-0.4, -0.2) is 9.67 Å². The highest BCUT2D eigenvalue weighted by Gasteiger charge is 2.15. The highest BCUT2D eigenvalue weighted by atomic mass is 19.1. The van der Waals surface area contributed by atoms with Crippen LogP contribution in [0.1, 0.15) is 24.2 Å². The Kier molecular flexibility index (Phi) is 3.47. The molecule has 0 bridgehead atoms. The summed E-state index contributed by atoms with van der Waals surface area (Å²) in [4.78, 5) is 12.6. The van der Waals surface area contributed by atoms with Gasteiger partial charge in [-0.05, 0) is 49.7 Å². The van der Waals surface area contributed by atoms with Gasteiger partial charge in [-0.3, -0.25) is 9.36 Å². The topological polar surface area (TPSA) is 55.4 Å². The Morgan fingerprint density at radius 1 is 1.12 bits per heavy atom. The third-order valence-corrected chi connectivity index (χ3v) is 4.30. The van der Waals surface area contributed by atoms with Gasteiger partial charge in [0.2, 0.25) is 5.88 Å². The summed E-state index contributed by atoms with van der Waals surface area (Å²) in [6.07, 6.45) is 2.71. The van der Waals surface area contributed by atoms with Crippen molar-refractivity contribution in [1.29, 1.82) is 0 Å². The van der Waals surface area contributed by atoms with E-state index in [2.05, 4.69) is 0 Å². The van der Waals surface area contributed by atoms with E-state index in [0.717, 1.165) is 10.9 Å². The molecule has 0 radical (unpaired) electrons. The maximum atomic E-state index is 13.4. The maximum Gasteiger partial charge on any atom is 0.208 e. The fourth-order valence-electron chi connectivity index (χ4n) is 3.10. The molecule has 126 valence electrons. The molecule has 1 N–H and O–H groups in total. The van der Waals surface area contributed by atoms with Gasteiger partial charge >= 0.3 is 0 Å². The number of nitrogens with zero attached hydrogens (tertiary/aromatic N) is 1. The van der Waals surface area contributed by atoms with Gasteiger partial charge < -0.3 is 9.52 Å². The van der Waals surface area contributed by atoms with E-state index in [9.17, 15) is 14.3 Å². The quantitative estimate of drug-likeness (QED) is 0.595. The zero-order chi connectivity index (χ0) is 17.7. The monoisotopic (exact) mass is 337 g/mol. The van der Waals surface area contributed by atoms with Crippen LogP contribution in [0.15, 0.2) is 58.0 Å². The van der Waals surface area contributed by atoms with Crippen LogP contribution >= 0.6 is 0 Å². The van der Waals surface area contributed by atoms with Crippen LogP contribution in [0.3, 0.4) is 0 Å². The Bertz CT molecular complexity index is 1170. The van der Waals surface area contributed by atoms with Gasteiger partial charge in [0.25, 0.3) is 0 Å². The van der Waals surface area contributed by atoms with E-state index in [4.69, 9.17) is 4.42 Å². The van der Waals surface area contributed by atoms with Gasteiger partial charge in [0.05, 0.1) is 11.5 Å². The van der Waals surface area contributed by atoms with Crippen molar-refractivity contribution < 1.29 is 13.9 Å². The van der Waals surface area contributed by atoms with Gasteiger partial charge in [-0.15, -0.1) is 0 Å². The van der Waals surface area contributed by atoms with Crippen molar-refractivity contribution in [3.05, 3.63) is 76.0 Å². The van der Waals surface area contributed by atoms with Gasteiger partial charge in [-0.2, -0.15) is 0 Å². The van der Waals surface area contributed by atoms with Gasteiger partial charge in [-0.25, -0.2) is 4.39 Å². The first-order chi connectivity index (χ1) is 11.9. The standard InChI is InChI=1S/C20H16FNO3/c1-11-5-16(12(2)23)20-17(6-11)18(24)8-19(25-20)22-9-13-3-4-15(21)7-14(13)10-22/h3-10,12,23H,1-2H3. The Morgan fingerprint density at radius 2 is 1.88 bits per heavy atom. The van der Waals surface area contributed by atoms with Crippen LogP contribution in [0.5, 0.6) is 0 Å². The fraction of sp³-hybridized carbons (Fsp3) is 0.150. The number of aryl methyl sites for hydroxylation is 1. The molecule has 1 unspecified atom stereocenters. The number of rotatable bonds is 2. The molecule has 0 saturated carbocycles. The zero-order valence-corrected chi connectivity index (χ0v) is 13.8. The second-order valence-electron chi connectivity index (χ2n) is 6.29. The van der Waals surface area contributed by atoms with Crippen molar-refractivity contribution in [3.63, 3.8) is 0 Å². The number of fused-ring (bicyclic) bond motifs is 2. The van der Waals surface area contributed by atoms with E-state index >= 15 is 0 Å². The van der Waals surface area contributed by atoms with Gasteiger partial charge in [0.15, 0.2) is 5.43 Å². The Labute approximate surface area is 142 Å². The number of aliphatic hydroxyl groups excluding tert-OH is 1. The minimum atomic E-state index is -0.765. The summed E-state index contributed by atoms with van der Waals surface area (Å²) < 4.78 is 21.0. The first-order valence-corrected chi connectivity index (χ1v) is 7.96. The molecule has 5 heteroatoms. The molecule has 0 amide bonds. The molecule has 1 atom stereocenters. The second-order valence-corrected chi connectivity index (χ2v) is 6.29. The maximum absolute atomic E-state index is 13.4. The van der Waals surface area contributed by atoms with Gasteiger partial charge in [0, 0.05) is 34.8 Å². The van der Waals surface area contributed by atoms with E-state index in [1.807, 2.05) is 6.92 Å². The predicted octanol–water partition coefficient (Wildman–Crippen LogP) is 4.24. The molecule has 4 nitrogen and oxygen atoms in total. The normalized spacial score (nSPS) is 12.8. The first kappa shape index (κ1) is 15.6. The van der Waals surface area contributed by atoms with E-state index in [1.165, 1.54) is 18.2 Å². The van der Waals surface area contributed by atoms with Crippen molar-refractivity contribution in [2.24, 2.45) is 0 Å². The van der Waals surface area contributed by atoms with E-state index in [-0.39, 0.29) is 11.2 Å². The summed E-state index contributed by atoms with van der Waals surface area (Å²) in [6.45, 7) is 3.50. The summed E-state index contributed by atoms with van der Waals surface area (Å²) >= 11 is 0. The molecular formula is C20H16FNO3. The van der Waals surface area contributed by atoms with Crippen LogP contribution < -0.4 is 5.43 Å². The number of hydrogen-bond donors (Lipinski definition) is 1. The third kappa shape index (κ3) is 2.62. The molecule has 0 fully saturated rings. The molecule has 0 aliphatic heterocycles. The molecule has 2 aromatic carbocycles. The Morgan fingerprint density at radius 3 is 2.64 bits per heavy atom. The van der Waals surface area contributed by atoms with Crippen molar-refractivity contribution >= 4 is 21.7 Å². The number of aromatic nitrogens is 1. The molecule has 0 aliphatic rings. The molecule has 0 spiro atoms. The summed E-state index contributed by atoms with van der Waals surface area (Å²) in [5.74, 6) is -0.00283. The molecular weight excluding hydrogens is 321 g/mol. The molecule has 4 aromatic rings. The SMILES string of the molecule is Cc1cc(C(C)O)c2oc(-n3cc4ccc(F)cc4c3)cc(=O)c2c1. The molecule has 4 rings (SSSR count). The minimum absolute atomic E-state index is 0.189. The van der Waals surface area contributed by atoms with Crippen LogP contribution in [0, 0.1) is 12.7 Å². The molecule has 2 heterocycles. The highest BCUT2D eigenvalue weighted by Crippen LogP contribution is 2.27. The van der Waals surface area contributed by atoms with Crippen molar-refractivity contribution in [2.45, 2.75) is 20.0 Å². The molecule has 2 aromatic heterocycles. The second kappa shape index (κ2) is 5.57. The average Bonchev–Trinajstić information content (AvgIpc) is 2.97. The lowest BCUT2D eigenvalue weighted by molar-refractivity contribution is 0.199. The predicted molar refractivity (Wildman–Crippen MR) is 94.6 cm³/mol. The smallest absolute Gasteiger partial charge is 0.208 e. The molecule has 0 aliphatic carbocycles. The van der Waals surface area contributed by atoms with E-state index in [0.29, 0.717) is 27.8 Å². The largest absolute Gasteiger partial charge is 0.439 e. The molecule has 0 saturated heterocycles. The molecule has 25 heavy (non-hydrogen) atoms. The number of halogens is 1. The van der Waals surface area contributed by atoms with Crippen molar-refractivity contribution in [2.75, 3.05) is 0 Å². The Hall–Kier alpha value is -2.92. The lowest BCUT2D eigenvalue weighted by Crippen LogP contribution is -2.06. The first-order valence-electron chi connectivity index (χ1n) is 7.96.